The van der Waals surface area contributed by atoms with Crippen LogP contribution in [0.4, 0.5) is 10.1 Å². The maximum absolute atomic E-state index is 13.4. The molecule has 1 amide bonds. The predicted octanol–water partition coefficient (Wildman–Crippen LogP) is 4.21. The number of pyridine rings is 1. The summed E-state index contributed by atoms with van der Waals surface area (Å²) in [6.45, 7) is 0.257. The molecule has 0 aliphatic carbocycles. The first kappa shape index (κ1) is 17.9. The Morgan fingerprint density at radius 1 is 1.11 bits per heavy atom. The number of hydrogen-bond donors (Lipinski definition) is 2. The normalized spacial score (nSPS) is 10.9. The molecule has 2 N–H and O–H groups in total. The van der Waals surface area contributed by atoms with Gasteiger partial charge in [0.15, 0.2) is 5.75 Å². The fourth-order valence-electron chi connectivity index (χ4n) is 3.04. The Morgan fingerprint density at radius 3 is 2.64 bits per heavy atom. The molecule has 5 nitrogen and oxygen atoms in total. The van der Waals surface area contributed by atoms with Crippen molar-refractivity contribution in [2.24, 2.45) is 0 Å². The van der Waals surface area contributed by atoms with E-state index in [4.69, 9.17) is 0 Å². The van der Waals surface area contributed by atoms with Crippen LogP contribution in [-0.4, -0.2) is 15.6 Å². The Balaban J connectivity index is 1.82. The number of aromatic nitrogens is 1. The van der Waals surface area contributed by atoms with E-state index < -0.39 is 17.3 Å². The summed E-state index contributed by atoms with van der Waals surface area (Å²) in [5.74, 6) is -1.67. The maximum atomic E-state index is 13.4. The molecule has 0 radical (unpaired) electrons. The molecule has 7 heteroatoms. The average molecular weight is 394 g/mol. The minimum Gasteiger partial charge on any atom is -0.505 e. The van der Waals surface area contributed by atoms with E-state index in [0.29, 0.717) is 10.2 Å². The van der Waals surface area contributed by atoms with Crippen molar-refractivity contribution >= 4 is 33.1 Å². The summed E-state index contributed by atoms with van der Waals surface area (Å²) < 4.78 is 15.3. The van der Waals surface area contributed by atoms with Gasteiger partial charge in [0.1, 0.15) is 11.4 Å². The van der Waals surface area contributed by atoms with Crippen molar-refractivity contribution in [2.45, 2.75) is 6.54 Å². The lowest BCUT2D eigenvalue weighted by atomic mass is 10.1. The maximum Gasteiger partial charge on any atom is 0.268 e. The molecule has 2 aromatic heterocycles. The summed E-state index contributed by atoms with van der Waals surface area (Å²) in [5.41, 5.74) is 0.666. The monoisotopic (exact) mass is 394 g/mol. The predicted molar refractivity (Wildman–Crippen MR) is 108 cm³/mol. The summed E-state index contributed by atoms with van der Waals surface area (Å²) in [7, 11) is 0. The molecule has 0 fully saturated rings. The highest BCUT2D eigenvalue weighted by Gasteiger charge is 2.23. The second-order valence-corrected chi connectivity index (χ2v) is 7.12. The van der Waals surface area contributed by atoms with Crippen LogP contribution in [0.1, 0.15) is 15.9 Å². The number of benzene rings is 2. The van der Waals surface area contributed by atoms with Gasteiger partial charge in [-0.3, -0.25) is 9.59 Å². The summed E-state index contributed by atoms with van der Waals surface area (Å²) in [6, 6.07) is 16.4. The van der Waals surface area contributed by atoms with E-state index in [-0.39, 0.29) is 23.5 Å². The average Bonchev–Trinajstić information content (AvgIpc) is 3.16. The number of aromatic hydroxyl groups is 1. The molecule has 0 saturated heterocycles. The van der Waals surface area contributed by atoms with Crippen LogP contribution in [0.5, 0.6) is 5.75 Å². The number of halogens is 1. The number of hydrogen-bond acceptors (Lipinski definition) is 4. The summed E-state index contributed by atoms with van der Waals surface area (Å²) in [4.78, 5) is 25.8. The largest absolute Gasteiger partial charge is 0.505 e. The first-order valence-electron chi connectivity index (χ1n) is 8.48. The molecular weight excluding hydrogens is 379 g/mol. The van der Waals surface area contributed by atoms with Gasteiger partial charge >= 0.3 is 0 Å². The van der Waals surface area contributed by atoms with E-state index >= 15 is 0 Å². The van der Waals surface area contributed by atoms with E-state index in [2.05, 4.69) is 5.32 Å². The zero-order valence-corrected chi connectivity index (χ0v) is 15.4. The van der Waals surface area contributed by atoms with Crippen molar-refractivity contribution < 1.29 is 14.3 Å². The number of amides is 1. The molecule has 0 saturated carbocycles. The van der Waals surface area contributed by atoms with Crippen LogP contribution in [0.3, 0.4) is 0 Å². The van der Waals surface area contributed by atoms with E-state index in [1.807, 2.05) is 30.3 Å². The van der Waals surface area contributed by atoms with Gasteiger partial charge in [-0.2, -0.15) is 0 Å². The fraction of sp³-hybridized carbons (Fsp3) is 0.0476. The van der Waals surface area contributed by atoms with E-state index in [1.54, 1.807) is 11.4 Å². The third-order valence-corrected chi connectivity index (χ3v) is 5.25. The third-order valence-electron chi connectivity index (χ3n) is 4.34. The van der Waals surface area contributed by atoms with Gasteiger partial charge in [-0.15, -0.1) is 11.3 Å². The molecule has 2 heterocycles. The third kappa shape index (κ3) is 3.27. The minimum absolute atomic E-state index is 0.199. The van der Waals surface area contributed by atoms with Crippen molar-refractivity contribution in [3.8, 4) is 5.75 Å². The quantitative estimate of drug-likeness (QED) is 0.545. The highest BCUT2D eigenvalue weighted by atomic mass is 32.1. The summed E-state index contributed by atoms with van der Waals surface area (Å²) in [5, 5.41) is 14.8. The number of fused-ring (bicyclic) bond motifs is 1. The van der Waals surface area contributed by atoms with Crippen LogP contribution in [0.15, 0.2) is 70.8 Å². The zero-order valence-electron chi connectivity index (χ0n) is 14.6. The van der Waals surface area contributed by atoms with Crippen molar-refractivity contribution in [3.05, 3.63) is 93.3 Å². The van der Waals surface area contributed by atoms with Crippen LogP contribution in [-0.2, 0) is 6.54 Å². The molecule has 4 aromatic rings. The molecule has 0 aliphatic heterocycles. The topological polar surface area (TPSA) is 71.3 Å². The van der Waals surface area contributed by atoms with Gasteiger partial charge in [0.05, 0.1) is 16.8 Å². The molecular formula is C21H15FN2O3S. The number of anilines is 1. The fourth-order valence-corrected chi connectivity index (χ4v) is 3.88. The zero-order chi connectivity index (χ0) is 19.7. The number of rotatable bonds is 4. The SMILES string of the molecule is O=C(Nc1cccc(F)c1)c1c(O)c2sccc2n(Cc2ccccc2)c1=O. The Hall–Kier alpha value is -3.45. The molecule has 4 rings (SSSR count). The van der Waals surface area contributed by atoms with Crippen molar-refractivity contribution in [1.82, 2.24) is 4.57 Å². The van der Waals surface area contributed by atoms with Crippen LogP contribution in [0.25, 0.3) is 10.2 Å². The Bertz CT molecular complexity index is 1230. The van der Waals surface area contributed by atoms with Crippen LogP contribution in [0, 0.1) is 5.82 Å². The highest BCUT2D eigenvalue weighted by molar-refractivity contribution is 7.17. The number of nitrogens with one attached hydrogen (secondary N) is 1. The molecule has 0 atom stereocenters. The van der Waals surface area contributed by atoms with E-state index in [1.165, 1.54) is 34.1 Å². The Kier molecular flexibility index (Phi) is 4.67. The number of thiophene rings is 1. The van der Waals surface area contributed by atoms with Gasteiger partial charge in [-0.05, 0) is 35.2 Å². The first-order valence-corrected chi connectivity index (χ1v) is 9.36. The number of carbonyl (C=O) groups is 1. The van der Waals surface area contributed by atoms with Gasteiger partial charge in [0.25, 0.3) is 11.5 Å². The molecule has 0 bridgehead atoms. The van der Waals surface area contributed by atoms with Crippen molar-refractivity contribution in [1.29, 1.82) is 0 Å². The Morgan fingerprint density at radius 2 is 1.89 bits per heavy atom. The molecule has 2 aromatic carbocycles. The van der Waals surface area contributed by atoms with Crippen LogP contribution >= 0.6 is 11.3 Å². The Labute approximate surface area is 163 Å². The van der Waals surface area contributed by atoms with Crippen molar-refractivity contribution in [3.63, 3.8) is 0 Å². The van der Waals surface area contributed by atoms with Gasteiger partial charge < -0.3 is 15.0 Å². The summed E-state index contributed by atoms with van der Waals surface area (Å²) >= 11 is 1.24. The number of nitrogens with zero attached hydrogens (tertiary/aromatic N) is 1. The van der Waals surface area contributed by atoms with E-state index in [0.717, 1.165) is 11.6 Å². The smallest absolute Gasteiger partial charge is 0.268 e. The van der Waals surface area contributed by atoms with Gasteiger partial charge in [-0.25, -0.2) is 4.39 Å². The van der Waals surface area contributed by atoms with Crippen LogP contribution in [0.2, 0.25) is 0 Å². The molecule has 140 valence electrons. The highest BCUT2D eigenvalue weighted by Crippen LogP contribution is 2.31. The number of carbonyl (C=O) groups excluding carboxylic acids is 1. The van der Waals surface area contributed by atoms with Crippen LogP contribution < -0.4 is 10.9 Å². The van der Waals surface area contributed by atoms with Crippen molar-refractivity contribution in [2.75, 3.05) is 5.32 Å². The minimum atomic E-state index is -0.787. The molecule has 0 aliphatic rings. The second kappa shape index (κ2) is 7.28. The summed E-state index contributed by atoms with van der Waals surface area (Å²) in [6.07, 6.45) is 0. The molecule has 28 heavy (non-hydrogen) atoms. The second-order valence-electron chi connectivity index (χ2n) is 6.20. The lowest BCUT2D eigenvalue weighted by molar-refractivity contribution is 0.102. The lowest BCUT2D eigenvalue weighted by Gasteiger charge is -2.13. The van der Waals surface area contributed by atoms with E-state index in [9.17, 15) is 19.1 Å². The van der Waals surface area contributed by atoms with Gasteiger partial charge in [-0.1, -0.05) is 36.4 Å². The molecule has 0 spiro atoms. The standard InChI is InChI=1S/C21H15FN2O3S/c22-14-7-4-8-15(11-14)23-20(26)17-18(25)19-16(9-10-28-19)24(21(17)27)12-13-5-2-1-3-6-13/h1-11,25H,12H2,(H,23,26). The van der Waals surface area contributed by atoms with Gasteiger partial charge in [0.2, 0.25) is 0 Å². The first-order chi connectivity index (χ1) is 13.5. The molecule has 0 unspecified atom stereocenters. The lowest BCUT2D eigenvalue weighted by Crippen LogP contribution is -2.29. The van der Waals surface area contributed by atoms with Gasteiger partial charge in [0, 0.05) is 5.69 Å².